The van der Waals surface area contributed by atoms with Gasteiger partial charge in [0, 0.05) is 53.2 Å². The smallest absolute Gasteiger partial charge is 0.402 e. The van der Waals surface area contributed by atoms with Crippen LogP contribution in [-0.2, 0) is 15.8 Å². The molecule has 0 saturated carbocycles. The fraction of sp³-hybridized carbons (Fsp3) is 0.257. The molecule has 4 aromatic carbocycles. The number of ether oxygens (including phenoxy) is 1. The van der Waals surface area contributed by atoms with E-state index in [9.17, 15) is 38.2 Å². The van der Waals surface area contributed by atoms with Crippen LogP contribution in [0.2, 0.25) is 10.0 Å². The van der Waals surface area contributed by atoms with Gasteiger partial charge in [0.05, 0.1) is 43.6 Å². The van der Waals surface area contributed by atoms with Gasteiger partial charge in [0.1, 0.15) is 0 Å². The Bertz CT molecular complexity index is 2220. The molecule has 4 rings (SSSR count). The van der Waals surface area contributed by atoms with Gasteiger partial charge in [-0.25, -0.2) is 13.2 Å². The molecule has 19 heteroatoms. The highest BCUT2D eigenvalue weighted by Crippen LogP contribution is 2.40. The Hall–Kier alpha value is -5.10. The lowest BCUT2D eigenvalue weighted by atomic mass is 10.1. The Labute approximate surface area is 325 Å². The van der Waals surface area contributed by atoms with Gasteiger partial charge < -0.3 is 14.5 Å². The van der Waals surface area contributed by atoms with Crippen molar-refractivity contribution in [2.24, 2.45) is 0 Å². The van der Waals surface area contributed by atoms with Gasteiger partial charge in [-0.1, -0.05) is 29.3 Å². The maximum absolute atomic E-state index is 14.1. The molecule has 0 fully saturated rings. The molecule has 286 valence electrons. The summed E-state index contributed by atoms with van der Waals surface area (Å²) in [7, 11) is -2.22. The first-order valence-electron chi connectivity index (χ1n) is 16.3. The second-order valence-electron chi connectivity index (χ2n) is 11.6. The second-order valence-corrected chi connectivity index (χ2v) is 15.5. The molecule has 2 N–H and O–H groups in total. The molecule has 2 amide bonds. The quantitative estimate of drug-likeness (QED) is 0.0661. The van der Waals surface area contributed by atoms with E-state index in [4.69, 9.17) is 27.9 Å². The van der Waals surface area contributed by atoms with Gasteiger partial charge in [-0.05, 0) is 87.4 Å². The van der Waals surface area contributed by atoms with Crippen LogP contribution < -0.4 is 24.6 Å². The van der Waals surface area contributed by atoms with Crippen LogP contribution in [0, 0.1) is 27.2 Å². The first kappa shape index (κ1) is 41.7. The normalized spacial score (nSPS) is 11.1. The van der Waals surface area contributed by atoms with E-state index in [1.54, 1.807) is 37.3 Å². The molecule has 4 aromatic rings. The molecule has 0 aliphatic heterocycles. The molecule has 0 aromatic heterocycles. The van der Waals surface area contributed by atoms with Crippen molar-refractivity contribution in [2.75, 3.05) is 45.7 Å². The number of non-ortho nitro benzene ring substituents is 1. The summed E-state index contributed by atoms with van der Waals surface area (Å²) in [5.41, 5.74) is 0.714. The maximum atomic E-state index is 14.1. The largest absolute Gasteiger partial charge is 0.417 e. The zero-order chi connectivity index (χ0) is 39.9. The van der Waals surface area contributed by atoms with Gasteiger partial charge in [0.2, 0.25) is 15.8 Å². The van der Waals surface area contributed by atoms with E-state index < -0.39 is 54.6 Å². The summed E-state index contributed by atoms with van der Waals surface area (Å²) in [6.45, 7) is 8.76. The molecular weight excluding hydrogens is 783 g/mol. The van der Waals surface area contributed by atoms with Gasteiger partial charge in [-0.3, -0.25) is 35.1 Å². The summed E-state index contributed by atoms with van der Waals surface area (Å²) in [5.74, 6) is -1.62. The van der Waals surface area contributed by atoms with E-state index in [0.717, 1.165) is 29.7 Å². The van der Waals surface area contributed by atoms with Crippen LogP contribution >= 0.6 is 35.0 Å². The lowest BCUT2D eigenvalue weighted by Gasteiger charge is -2.22. The highest BCUT2D eigenvalue weighted by Gasteiger charge is 2.33. The number of halogens is 2. The summed E-state index contributed by atoms with van der Waals surface area (Å²) < 4.78 is 31.8. The van der Waals surface area contributed by atoms with Crippen LogP contribution in [0.15, 0.2) is 71.6 Å². The standard InChI is InChI=1S/C35H36Cl2N6O9S2/c1-6-41(7-2)24-11-13-28(21(4)15-24)38-35(45)52-33-26(18-25(42(46)47)19-31(33)43(48)49)34(44)40(5)30-14-10-23(36)17-32(30)53-20-22-9-12-29(27(37)16-22)39-54(50,51)8-3/h9-19,39H,6-8,20H2,1-5H3,(H,38,45). The number of hydrogen-bond donors (Lipinski definition) is 2. The van der Waals surface area contributed by atoms with Gasteiger partial charge in [-0.2, -0.15) is 0 Å². The van der Waals surface area contributed by atoms with Gasteiger partial charge in [0.25, 0.3) is 11.6 Å². The number of thioether (sulfide) groups is 1. The van der Waals surface area contributed by atoms with Gasteiger partial charge >= 0.3 is 11.8 Å². The van der Waals surface area contributed by atoms with E-state index in [2.05, 4.69) is 14.9 Å². The van der Waals surface area contributed by atoms with E-state index in [1.165, 1.54) is 43.9 Å². The number of aryl methyl sites for hydroxylation is 1. The minimum atomic E-state index is -3.56. The molecule has 0 spiro atoms. The van der Waals surface area contributed by atoms with Crippen LogP contribution in [0.1, 0.15) is 42.3 Å². The SMILES string of the molecule is CCN(CC)c1ccc(NC(=O)Oc2c(C(=O)N(C)c3ccc(Cl)cc3SCc3ccc(NS(=O)(=O)CC)c(Cl)c3)cc([N+](=O)[O-])cc2[N+](=O)[O-])c(C)c1. The van der Waals surface area contributed by atoms with Crippen molar-refractivity contribution in [3.8, 4) is 5.75 Å². The minimum Gasteiger partial charge on any atom is -0.402 e. The number of benzene rings is 4. The third-order valence-electron chi connectivity index (χ3n) is 8.12. The highest BCUT2D eigenvalue weighted by atomic mass is 35.5. The topological polar surface area (TPSA) is 194 Å². The Balaban J connectivity index is 1.67. The Morgan fingerprint density at radius 2 is 1.59 bits per heavy atom. The predicted octanol–water partition coefficient (Wildman–Crippen LogP) is 8.91. The molecule has 0 radical (unpaired) electrons. The number of rotatable bonds is 15. The Morgan fingerprint density at radius 1 is 0.907 bits per heavy atom. The Morgan fingerprint density at radius 3 is 2.19 bits per heavy atom. The number of anilines is 4. The number of carbonyl (C=O) groups excluding carboxylic acids is 2. The summed E-state index contributed by atoms with van der Waals surface area (Å²) >= 11 is 13.9. The fourth-order valence-electron chi connectivity index (χ4n) is 5.21. The fourth-order valence-corrected chi connectivity index (χ4v) is 7.48. The van der Waals surface area contributed by atoms with Crippen molar-refractivity contribution in [2.45, 2.75) is 38.3 Å². The molecule has 0 bridgehead atoms. The number of carbonyl (C=O) groups is 2. The number of nitro groups is 2. The molecule has 0 aliphatic rings. The van der Waals surface area contributed by atoms with Crippen molar-refractivity contribution < 1.29 is 32.6 Å². The average Bonchev–Trinajstić information content (AvgIpc) is 3.12. The molecule has 0 heterocycles. The number of amides is 2. The summed E-state index contributed by atoms with van der Waals surface area (Å²) in [6.07, 6.45) is -1.17. The van der Waals surface area contributed by atoms with Gasteiger partial charge in [0.15, 0.2) is 0 Å². The van der Waals surface area contributed by atoms with Crippen molar-refractivity contribution in [3.63, 3.8) is 0 Å². The monoisotopic (exact) mass is 818 g/mol. The van der Waals surface area contributed by atoms with E-state index >= 15 is 0 Å². The van der Waals surface area contributed by atoms with E-state index in [0.29, 0.717) is 32.8 Å². The zero-order valence-corrected chi connectivity index (χ0v) is 32.9. The molecule has 0 aliphatic carbocycles. The lowest BCUT2D eigenvalue weighted by Crippen LogP contribution is -2.28. The molecule has 0 atom stereocenters. The van der Waals surface area contributed by atoms with Crippen LogP contribution in [-0.4, -0.2) is 56.2 Å². The maximum Gasteiger partial charge on any atom is 0.417 e. The molecule has 0 saturated heterocycles. The number of sulfonamides is 1. The molecule has 54 heavy (non-hydrogen) atoms. The van der Waals surface area contributed by atoms with Crippen molar-refractivity contribution in [1.82, 2.24) is 0 Å². The summed E-state index contributed by atoms with van der Waals surface area (Å²) in [5, 5.41) is 27.0. The van der Waals surface area contributed by atoms with Gasteiger partial charge in [-0.15, -0.1) is 11.8 Å². The van der Waals surface area contributed by atoms with E-state index in [-0.39, 0.29) is 27.9 Å². The number of nitrogens with zero attached hydrogens (tertiary/aromatic N) is 4. The summed E-state index contributed by atoms with van der Waals surface area (Å²) in [6, 6.07) is 16.1. The van der Waals surface area contributed by atoms with Crippen LogP contribution in [0.3, 0.4) is 0 Å². The number of hydrogen-bond acceptors (Lipinski definition) is 11. The first-order chi connectivity index (χ1) is 25.5. The number of nitrogens with one attached hydrogen (secondary N) is 2. The third kappa shape index (κ3) is 10.1. The van der Waals surface area contributed by atoms with Crippen molar-refractivity contribution >= 4 is 91.1 Å². The van der Waals surface area contributed by atoms with Crippen LogP contribution in [0.25, 0.3) is 0 Å². The average molecular weight is 820 g/mol. The minimum absolute atomic E-state index is 0.138. The van der Waals surface area contributed by atoms with Crippen LogP contribution in [0.5, 0.6) is 5.75 Å². The van der Waals surface area contributed by atoms with E-state index in [1.807, 2.05) is 19.9 Å². The first-order valence-corrected chi connectivity index (χ1v) is 19.7. The third-order valence-corrected chi connectivity index (χ3v) is 11.1. The molecule has 0 unspecified atom stereocenters. The van der Waals surface area contributed by atoms with Crippen molar-refractivity contribution in [3.05, 3.63) is 114 Å². The molecular formula is C35H36Cl2N6O9S2. The zero-order valence-electron chi connectivity index (χ0n) is 29.7. The number of nitro benzene ring substituents is 2. The molecule has 15 nitrogen and oxygen atoms in total. The second kappa shape index (κ2) is 17.8. The predicted molar refractivity (Wildman–Crippen MR) is 212 cm³/mol. The lowest BCUT2D eigenvalue weighted by molar-refractivity contribution is -0.394. The van der Waals surface area contributed by atoms with Crippen molar-refractivity contribution in [1.29, 1.82) is 0 Å². The van der Waals surface area contributed by atoms with Crippen LogP contribution in [0.4, 0.5) is 38.9 Å². The Kier molecular flexibility index (Phi) is 13.7. The summed E-state index contributed by atoms with van der Waals surface area (Å²) in [4.78, 5) is 53.2. The highest BCUT2D eigenvalue weighted by molar-refractivity contribution is 7.98.